The van der Waals surface area contributed by atoms with Crippen molar-refractivity contribution in [3.8, 4) is 0 Å². The molecule has 0 N–H and O–H groups in total. The minimum Gasteiger partial charge on any atom is -0.459 e. The molecule has 11 heavy (non-hydrogen) atoms. The summed E-state index contributed by atoms with van der Waals surface area (Å²) in [5.41, 5.74) is 0.708. The van der Waals surface area contributed by atoms with E-state index in [1.165, 1.54) is 0 Å². The van der Waals surface area contributed by atoms with Crippen molar-refractivity contribution in [2.45, 2.75) is 13.5 Å². The molecular formula is C9H12O2. The van der Waals surface area contributed by atoms with Crippen LogP contribution in [0.5, 0.6) is 0 Å². The highest BCUT2D eigenvalue weighted by Crippen LogP contribution is 1.92. The largest absolute Gasteiger partial charge is 0.459 e. The Hall–Kier alpha value is -1.02. The first kappa shape index (κ1) is 8.08. The molecular weight excluding hydrogens is 140 g/mol. The average Bonchev–Trinajstić information content (AvgIpc) is 2.32. The van der Waals surface area contributed by atoms with Gasteiger partial charge in [0.25, 0.3) is 0 Å². The van der Waals surface area contributed by atoms with E-state index < -0.39 is 0 Å². The van der Waals surface area contributed by atoms with Crippen molar-refractivity contribution < 1.29 is 9.15 Å². The van der Waals surface area contributed by atoms with Crippen LogP contribution < -0.4 is 10.6 Å². The van der Waals surface area contributed by atoms with Gasteiger partial charge < -0.3 is 9.15 Å². The Morgan fingerprint density at radius 2 is 2.45 bits per heavy atom. The second-order valence-electron chi connectivity index (χ2n) is 2.31. The molecule has 2 heteroatoms. The number of hydrogen-bond donors (Lipinski definition) is 0. The van der Waals surface area contributed by atoms with Gasteiger partial charge in [-0.25, -0.2) is 0 Å². The molecule has 0 aliphatic carbocycles. The summed E-state index contributed by atoms with van der Waals surface area (Å²) in [4.78, 5) is 0. The Bertz CT molecular complexity index is 322. The summed E-state index contributed by atoms with van der Waals surface area (Å²) >= 11 is 0. The van der Waals surface area contributed by atoms with Crippen molar-refractivity contribution in [1.82, 2.24) is 0 Å². The number of furan rings is 1. The van der Waals surface area contributed by atoms with Crippen LogP contribution in [0, 0.1) is 0 Å². The van der Waals surface area contributed by atoms with E-state index in [4.69, 9.17) is 9.15 Å². The summed E-state index contributed by atoms with van der Waals surface area (Å²) in [5.74, 6) is 0.825. The van der Waals surface area contributed by atoms with Crippen LogP contribution in [0.15, 0.2) is 10.5 Å². The maximum atomic E-state index is 5.28. The van der Waals surface area contributed by atoms with Gasteiger partial charge in [0, 0.05) is 12.3 Å². The summed E-state index contributed by atoms with van der Waals surface area (Å²) in [7, 11) is 1.64. The molecule has 0 aromatic carbocycles. The number of hydrogen-bond acceptors (Lipinski definition) is 2. The topological polar surface area (TPSA) is 22.4 Å². The van der Waals surface area contributed by atoms with Crippen LogP contribution in [0.4, 0.5) is 0 Å². The number of rotatable bonds is 2. The van der Waals surface area contributed by atoms with Crippen molar-refractivity contribution in [2.24, 2.45) is 0 Å². The minimum absolute atomic E-state index is 0.510. The standard InChI is InChI=1S/C9H12O2/c1-4-8-5-9(6-10-3)11-7(8)2/h4-5H,2,6H2,1,3H3/b8-4-. The van der Waals surface area contributed by atoms with Crippen LogP contribution in [0.25, 0.3) is 12.7 Å². The van der Waals surface area contributed by atoms with Gasteiger partial charge in [-0.05, 0) is 13.0 Å². The molecule has 1 heterocycles. The quantitative estimate of drug-likeness (QED) is 0.620. The highest BCUT2D eigenvalue weighted by Gasteiger charge is 1.95. The van der Waals surface area contributed by atoms with Gasteiger partial charge in [-0.2, -0.15) is 0 Å². The van der Waals surface area contributed by atoms with Gasteiger partial charge in [-0.15, -0.1) is 0 Å². The van der Waals surface area contributed by atoms with Crippen LogP contribution in [0.2, 0.25) is 0 Å². The molecule has 0 bridgehead atoms. The van der Waals surface area contributed by atoms with Crippen molar-refractivity contribution in [3.05, 3.63) is 22.5 Å². The van der Waals surface area contributed by atoms with E-state index in [0.717, 1.165) is 11.0 Å². The van der Waals surface area contributed by atoms with Crippen LogP contribution >= 0.6 is 0 Å². The molecule has 0 amide bonds. The van der Waals surface area contributed by atoms with Gasteiger partial charge in [0.1, 0.15) is 17.8 Å². The fourth-order valence-electron chi connectivity index (χ4n) is 0.958. The van der Waals surface area contributed by atoms with Crippen LogP contribution in [-0.2, 0) is 11.3 Å². The lowest BCUT2D eigenvalue weighted by atomic mass is 10.4. The summed E-state index contributed by atoms with van der Waals surface area (Å²) in [5, 5.41) is 1.04. The Labute approximate surface area is 65.8 Å². The zero-order valence-electron chi connectivity index (χ0n) is 6.89. The molecule has 0 spiro atoms. The number of ether oxygens (including phenoxy) is 1. The normalized spacial score (nSPS) is 12.4. The van der Waals surface area contributed by atoms with Crippen LogP contribution in [0.3, 0.4) is 0 Å². The molecule has 0 unspecified atom stereocenters. The third-order valence-corrected chi connectivity index (χ3v) is 1.49. The smallest absolute Gasteiger partial charge is 0.130 e. The van der Waals surface area contributed by atoms with E-state index in [-0.39, 0.29) is 0 Å². The predicted molar refractivity (Wildman–Crippen MR) is 44.3 cm³/mol. The molecule has 0 aliphatic rings. The fourth-order valence-corrected chi connectivity index (χ4v) is 0.958. The summed E-state index contributed by atoms with van der Waals surface area (Å²) in [6.07, 6.45) is 1.96. The second-order valence-corrected chi connectivity index (χ2v) is 2.31. The Morgan fingerprint density at radius 1 is 1.73 bits per heavy atom. The second kappa shape index (κ2) is 3.39. The van der Waals surface area contributed by atoms with E-state index in [0.29, 0.717) is 12.0 Å². The molecule has 60 valence electrons. The molecule has 0 radical (unpaired) electrons. The first-order chi connectivity index (χ1) is 5.27. The van der Waals surface area contributed by atoms with Gasteiger partial charge in [0.2, 0.25) is 0 Å². The molecule has 0 saturated carbocycles. The Balaban J connectivity index is 3.06. The van der Waals surface area contributed by atoms with Gasteiger partial charge in [0.05, 0.1) is 0 Å². The van der Waals surface area contributed by atoms with E-state index in [2.05, 4.69) is 6.58 Å². The Kier molecular flexibility index (Phi) is 2.49. The monoisotopic (exact) mass is 152 g/mol. The lowest BCUT2D eigenvalue weighted by molar-refractivity contribution is 0.163. The summed E-state index contributed by atoms with van der Waals surface area (Å²) in [6.45, 7) is 6.21. The number of methoxy groups -OCH3 is 1. The van der Waals surface area contributed by atoms with Gasteiger partial charge in [-0.3, -0.25) is 0 Å². The molecule has 0 saturated heterocycles. The molecule has 0 aliphatic heterocycles. The third-order valence-electron chi connectivity index (χ3n) is 1.49. The van der Waals surface area contributed by atoms with E-state index >= 15 is 0 Å². The predicted octanol–water partition coefficient (Wildman–Crippen LogP) is 0.637. The van der Waals surface area contributed by atoms with Gasteiger partial charge in [0.15, 0.2) is 0 Å². The summed E-state index contributed by atoms with van der Waals surface area (Å²) in [6, 6.07) is 1.94. The van der Waals surface area contributed by atoms with E-state index in [1.54, 1.807) is 7.11 Å². The average molecular weight is 152 g/mol. The molecule has 2 nitrogen and oxygen atoms in total. The minimum atomic E-state index is 0.510. The molecule has 1 aromatic heterocycles. The maximum Gasteiger partial charge on any atom is 0.130 e. The summed E-state index contributed by atoms with van der Waals surface area (Å²) < 4.78 is 10.2. The van der Waals surface area contributed by atoms with Crippen molar-refractivity contribution in [2.75, 3.05) is 7.11 Å². The molecule has 0 atom stereocenters. The first-order valence-electron chi connectivity index (χ1n) is 3.51. The van der Waals surface area contributed by atoms with Crippen molar-refractivity contribution in [3.63, 3.8) is 0 Å². The zero-order valence-corrected chi connectivity index (χ0v) is 6.89. The highest BCUT2D eigenvalue weighted by atomic mass is 16.5. The van der Waals surface area contributed by atoms with Crippen LogP contribution in [0.1, 0.15) is 12.7 Å². The lowest BCUT2D eigenvalue weighted by Crippen LogP contribution is -2.15. The maximum absolute atomic E-state index is 5.28. The van der Waals surface area contributed by atoms with Gasteiger partial charge in [-0.1, -0.05) is 12.7 Å². The first-order valence-corrected chi connectivity index (χ1v) is 3.51. The molecule has 1 aromatic rings. The Morgan fingerprint density at radius 3 is 2.91 bits per heavy atom. The highest BCUT2D eigenvalue weighted by molar-refractivity contribution is 5.21. The van der Waals surface area contributed by atoms with Crippen molar-refractivity contribution >= 4 is 12.7 Å². The molecule has 1 rings (SSSR count). The van der Waals surface area contributed by atoms with E-state index in [1.807, 2.05) is 19.1 Å². The zero-order chi connectivity index (χ0) is 8.27. The SMILES string of the molecule is C=c1oc(COC)c/c1=C/C. The van der Waals surface area contributed by atoms with Gasteiger partial charge >= 0.3 is 0 Å². The fraction of sp³-hybridized carbons (Fsp3) is 0.333. The van der Waals surface area contributed by atoms with Crippen molar-refractivity contribution in [1.29, 1.82) is 0 Å². The lowest BCUT2D eigenvalue weighted by Gasteiger charge is -1.89. The van der Waals surface area contributed by atoms with E-state index in [9.17, 15) is 0 Å². The molecule has 0 fully saturated rings. The third kappa shape index (κ3) is 1.71. The van der Waals surface area contributed by atoms with Crippen LogP contribution in [-0.4, -0.2) is 7.11 Å².